The highest BCUT2D eigenvalue weighted by Crippen LogP contribution is 2.33. The Kier molecular flexibility index (Phi) is 7.03. The fourth-order valence-corrected chi connectivity index (χ4v) is 3.45. The van der Waals surface area contributed by atoms with Gasteiger partial charge in [-0.25, -0.2) is 4.79 Å². The number of methoxy groups -OCH3 is 1. The number of benzene rings is 2. The number of amides is 3. The number of aromatic nitrogens is 3. The van der Waals surface area contributed by atoms with Crippen molar-refractivity contribution in [3.8, 4) is 22.8 Å². The van der Waals surface area contributed by atoms with Gasteiger partial charge in [0.25, 0.3) is 0 Å². The number of carbonyl (C=O) groups excluding carboxylic acids is 2. The van der Waals surface area contributed by atoms with Gasteiger partial charge in [-0.2, -0.15) is 13.2 Å². The molecule has 0 bridgehead atoms. The number of hydrogen-bond acceptors (Lipinski definition) is 6. The molecule has 0 fully saturated rings. The quantitative estimate of drug-likeness (QED) is 0.541. The molecular formula is C20H18F3N5O3S. The van der Waals surface area contributed by atoms with Gasteiger partial charge >= 0.3 is 12.2 Å². The van der Waals surface area contributed by atoms with Crippen molar-refractivity contribution < 1.29 is 27.5 Å². The summed E-state index contributed by atoms with van der Waals surface area (Å²) in [6, 6.07) is 10.8. The highest BCUT2D eigenvalue weighted by Gasteiger charge is 2.31. The molecule has 0 aliphatic heterocycles. The van der Waals surface area contributed by atoms with Gasteiger partial charge in [-0.3, -0.25) is 14.7 Å². The largest absolute Gasteiger partial charge is 0.497 e. The highest BCUT2D eigenvalue weighted by atomic mass is 32.2. The van der Waals surface area contributed by atoms with Crippen LogP contribution in [0.4, 0.5) is 18.0 Å². The molecule has 2 aromatic carbocycles. The van der Waals surface area contributed by atoms with Crippen LogP contribution in [0.1, 0.15) is 5.56 Å². The second kappa shape index (κ2) is 9.73. The van der Waals surface area contributed by atoms with E-state index in [1.807, 2.05) is 0 Å². The maximum absolute atomic E-state index is 13.3. The fourth-order valence-electron chi connectivity index (χ4n) is 2.70. The van der Waals surface area contributed by atoms with E-state index in [-0.39, 0.29) is 22.4 Å². The van der Waals surface area contributed by atoms with Crippen LogP contribution >= 0.6 is 11.8 Å². The molecule has 2 N–H and O–H groups in total. The Balaban J connectivity index is 2.02. The highest BCUT2D eigenvalue weighted by molar-refractivity contribution is 7.99. The summed E-state index contributed by atoms with van der Waals surface area (Å²) in [6.45, 7) is 0. The van der Waals surface area contributed by atoms with E-state index in [2.05, 4.69) is 20.8 Å². The molecular weight excluding hydrogens is 447 g/mol. The van der Waals surface area contributed by atoms with Gasteiger partial charge in [0.1, 0.15) is 5.75 Å². The smallest absolute Gasteiger partial charge is 0.416 e. The van der Waals surface area contributed by atoms with Crippen LogP contribution in [0.25, 0.3) is 17.1 Å². The number of nitrogens with zero attached hydrogens (tertiary/aromatic N) is 3. The zero-order valence-electron chi connectivity index (χ0n) is 16.9. The van der Waals surface area contributed by atoms with E-state index in [1.165, 1.54) is 30.9 Å². The number of rotatable bonds is 6. The predicted molar refractivity (Wildman–Crippen MR) is 112 cm³/mol. The van der Waals surface area contributed by atoms with Gasteiger partial charge in [-0.1, -0.05) is 17.8 Å². The van der Waals surface area contributed by atoms with E-state index < -0.39 is 23.7 Å². The molecule has 32 heavy (non-hydrogen) atoms. The lowest BCUT2D eigenvalue weighted by Gasteiger charge is -2.13. The van der Waals surface area contributed by atoms with Crippen LogP contribution in [0, 0.1) is 0 Å². The molecule has 0 aliphatic carbocycles. The first-order valence-corrected chi connectivity index (χ1v) is 10.1. The molecule has 12 heteroatoms. The van der Waals surface area contributed by atoms with Crippen molar-refractivity contribution in [3.63, 3.8) is 0 Å². The average Bonchev–Trinajstić information content (AvgIpc) is 3.21. The number of nitrogens with one attached hydrogen (secondary N) is 2. The molecule has 8 nitrogen and oxygen atoms in total. The van der Waals surface area contributed by atoms with Gasteiger partial charge in [0.2, 0.25) is 5.91 Å². The number of carbonyl (C=O) groups is 2. The summed E-state index contributed by atoms with van der Waals surface area (Å²) in [5, 5.41) is 12.7. The third-order valence-electron chi connectivity index (χ3n) is 4.23. The molecule has 1 aromatic heterocycles. The molecule has 3 aromatic rings. The van der Waals surface area contributed by atoms with Crippen molar-refractivity contribution in [1.82, 2.24) is 25.4 Å². The summed E-state index contributed by atoms with van der Waals surface area (Å²) >= 11 is 0.930. The third-order valence-corrected chi connectivity index (χ3v) is 5.15. The minimum Gasteiger partial charge on any atom is -0.497 e. The SMILES string of the molecule is CNC(=O)NC(=O)CSc1nnc(-c2ccc(OC)cc2)n1-c1cccc(C(F)(F)F)c1. The Hall–Kier alpha value is -3.54. The van der Waals surface area contributed by atoms with Crippen LogP contribution in [0.2, 0.25) is 0 Å². The van der Waals surface area contributed by atoms with Crippen LogP contribution < -0.4 is 15.4 Å². The molecule has 0 saturated carbocycles. The molecule has 0 unspecified atom stereocenters. The number of thioether (sulfide) groups is 1. The zero-order chi connectivity index (χ0) is 23.3. The van der Waals surface area contributed by atoms with Crippen molar-refractivity contribution in [1.29, 1.82) is 0 Å². The van der Waals surface area contributed by atoms with E-state index in [0.717, 1.165) is 23.9 Å². The van der Waals surface area contributed by atoms with Gasteiger partial charge in [-0.05, 0) is 42.5 Å². The minimum absolute atomic E-state index is 0.171. The van der Waals surface area contributed by atoms with Gasteiger partial charge in [0, 0.05) is 12.6 Å². The molecule has 1 heterocycles. The Morgan fingerprint density at radius 2 is 1.84 bits per heavy atom. The van der Waals surface area contributed by atoms with Gasteiger partial charge < -0.3 is 10.1 Å². The van der Waals surface area contributed by atoms with Crippen molar-refractivity contribution in [2.75, 3.05) is 19.9 Å². The molecule has 3 amide bonds. The fraction of sp³-hybridized carbons (Fsp3) is 0.200. The van der Waals surface area contributed by atoms with E-state index in [1.54, 1.807) is 24.3 Å². The van der Waals surface area contributed by atoms with Crippen molar-refractivity contribution in [3.05, 3.63) is 54.1 Å². The Bertz CT molecular complexity index is 1120. The maximum Gasteiger partial charge on any atom is 0.416 e. The Morgan fingerprint density at radius 1 is 1.12 bits per heavy atom. The lowest BCUT2D eigenvalue weighted by Crippen LogP contribution is -2.38. The molecule has 0 saturated heterocycles. The van der Waals surface area contributed by atoms with Crippen LogP contribution in [0.15, 0.2) is 53.7 Å². The molecule has 3 rings (SSSR count). The van der Waals surface area contributed by atoms with E-state index >= 15 is 0 Å². The summed E-state index contributed by atoms with van der Waals surface area (Å²) in [6.07, 6.45) is -4.54. The molecule has 0 radical (unpaired) electrons. The first kappa shape index (κ1) is 23.1. The molecule has 0 aliphatic rings. The van der Waals surface area contributed by atoms with Crippen LogP contribution in [0.5, 0.6) is 5.75 Å². The van der Waals surface area contributed by atoms with Crippen LogP contribution in [-0.2, 0) is 11.0 Å². The number of ether oxygens (including phenoxy) is 1. The van der Waals surface area contributed by atoms with Crippen molar-refractivity contribution in [2.24, 2.45) is 0 Å². The second-order valence-electron chi connectivity index (χ2n) is 6.33. The minimum atomic E-state index is -4.54. The lowest BCUT2D eigenvalue weighted by molar-refractivity contribution is -0.137. The predicted octanol–water partition coefficient (Wildman–Crippen LogP) is 3.51. The van der Waals surface area contributed by atoms with Gasteiger partial charge in [0.05, 0.1) is 24.1 Å². The van der Waals surface area contributed by atoms with E-state index in [9.17, 15) is 22.8 Å². The standard InChI is InChI=1S/C20H18F3N5O3S/c1-24-18(30)25-16(29)11-32-19-27-26-17(12-6-8-15(31-2)9-7-12)28(19)14-5-3-4-13(10-14)20(21,22)23/h3-10H,11H2,1-2H3,(H2,24,25,29,30). The summed E-state index contributed by atoms with van der Waals surface area (Å²) in [5.74, 6) is 0.0760. The Morgan fingerprint density at radius 3 is 2.47 bits per heavy atom. The number of imide groups is 1. The average molecular weight is 465 g/mol. The molecule has 168 valence electrons. The Labute approximate surface area is 185 Å². The first-order valence-electron chi connectivity index (χ1n) is 9.14. The summed E-state index contributed by atoms with van der Waals surface area (Å²) in [5.41, 5.74) is -0.0834. The molecule has 0 spiro atoms. The normalized spacial score (nSPS) is 11.2. The van der Waals surface area contributed by atoms with Crippen LogP contribution in [0.3, 0.4) is 0 Å². The van der Waals surface area contributed by atoms with E-state index in [4.69, 9.17) is 4.74 Å². The lowest BCUT2D eigenvalue weighted by atomic mass is 10.1. The van der Waals surface area contributed by atoms with Gasteiger partial charge in [-0.15, -0.1) is 10.2 Å². The van der Waals surface area contributed by atoms with E-state index in [0.29, 0.717) is 11.3 Å². The maximum atomic E-state index is 13.3. The van der Waals surface area contributed by atoms with Crippen LogP contribution in [-0.4, -0.2) is 46.6 Å². The van der Waals surface area contributed by atoms with Crippen molar-refractivity contribution >= 4 is 23.7 Å². The third kappa shape index (κ3) is 5.38. The van der Waals surface area contributed by atoms with Crippen molar-refractivity contribution in [2.45, 2.75) is 11.3 Å². The second-order valence-corrected chi connectivity index (χ2v) is 7.28. The van der Waals surface area contributed by atoms with Gasteiger partial charge in [0.15, 0.2) is 11.0 Å². The number of halogens is 3. The number of alkyl halides is 3. The summed E-state index contributed by atoms with van der Waals surface area (Å²) in [4.78, 5) is 23.2. The first-order chi connectivity index (χ1) is 15.2. The monoisotopic (exact) mass is 465 g/mol. The summed E-state index contributed by atoms with van der Waals surface area (Å²) < 4.78 is 46.4. The number of hydrogen-bond donors (Lipinski definition) is 2. The zero-order valence-corrected chi connectivity index (χ0v) is 17.8. The number of urea groups is 1. The molecule has 0 atom stereocenters. The summed E-state index contributed by atoms with van der Waals surface area (Å²) in [7, 11) is 2.87. The topological polar surface area (TPSA) is 98.1 Å².